The third kappa shape index (κ3) is 4.25. The van der Waals surface area contributed by atoms with Crippen LogP contribution < -0.4 is 10.9 Å². The van der Waals surface area contributed by atoms with Crippen molar-refractivity contribution in [2.45, 2.75) is 39.8 Å². The first kappa shape index (κ1) is 24.0. The number of carbonyl (C=O) groups is 3. The highest BCUT2D eigenvalue weighted by Crippen LogP contribution is 2.30. The molecule has 0 radical (unpaired) electrons. The van der Waals surface area contributed by atoms with E-state index in [-0.39, 0.29) is 34.9 Å². The minimum absolute atomic E-state index is 0.0296. The number of anilines is 1. The fourth-order valence-electron chi connectivity index (χ4n) is 4.25. The maximum Gasteiger partial charge on any atom is 0.412 e. The van der Waals surface area contributed by atoms with Gasteiger partial charge in [-0.2, -0.15) is 0 Å². The van der Waals surface area contributed by atoms with E-state index in [0.717, 1.165) is 0 Å². The number of Topliss-reactive ketones (excluding diaryl/α,β-unsaturated/α-hetero) is 1. The number of amides is 1. The third-order valence-electron chi connectivity index (χ3n) is 5.96. The predicted molar refractivity (Wildman–Crippen MR) is 131 cm³/mol. The molecule has 1 aliphatic carbocycles. The Hall–Kier alpha value is -4.14. The normalized spacial score (nSPS) is 13.5. The molecule has 1 N–H and O–H groups in total. The number of carbonyl (C=O) groups excluding carboxylic acids is 3. The minimum Gasteiger partial charge on any atom is -0.492 e. The van der Waals surface area contributed by atoms with Gasteiger partial charge in [0.1, 0.15) is 11.3 Å². The molecular weight excluding hydrogens is 450 g/mol. The molecule has 3 aromatic rings. The molecule has 2 aromatic heterocycles. The fraction of sp³-hybridized carbons (Fsp3) is 0.308. The largest absolute Gasteiger partial charge is 0.492 e. The summed E-state index contributed by atoms with van der Waals surface area (Å²) in [5.41, 5.74) is 1.30. The van der Waals surface area contributed by atoms with Crippen molar-refractivity contribution >= 4 is 34.1 Å². The fourth-order valence-corrected chi connectivity index (χ4v) is 4.25. The van der Waals surface area contributed by atoms with Crippen LogP contribution in [0, 0.1) is 6.92 Å². The average Bonchev–Trinajstić information content (AvgIpc) is 3.02. The van der Waals surface area contributed by atoms with Gasteiger partial charge in [0, 0.05) is 41.4 Å². The van der Waals surface area contributed by atoms with Crippen LogP contribution in [0.25, 0.3) is 10.8 Å². The molecule has 2 heterocycles. The SMILES string of the molecule is COC1=CC(=O)c2c(c(Cn3ccc4c(NC(=O)OC(C)(C)C)cccc4c3=O)c(C)n2C)C1=O. The van der Waals surface area contributed by atoms with E-state index in [1.54, 1.807) is 69.8 Å². The van der Waals surface area contributed by atoms with Gasteiger partial charge in [-0.1, -0.05) is 6.07 Å². The van der Waals surface area contributed by atoms with Crippen LogP contribution in [-0.2, 0) is 23.1 Å². The number of fused-ring (bicyclic) bond motifs is 2. The van der Waals surface area contributed by atoms with E-state index in [2.05, 4.69) is 5.32 Å². The van der Waals surface area contributed by atoms with Crippen LogP contribution in [0.2, 0.25) is 0 Å². The van der Waals surface area contributed by atoms with E-state index in [9.17, 15) is 19.2 Å². The number of aromatic nitrogens is 2. The zero-order chi connectivity index (χ0) is 25.7. The van der Waals surface area contributed by atoms with E-state index in [0.29, 0.717) is 27.7 Å². The molecule has 0 bridgehead atoms. The lowest BCUT2D eigenvalue weighted by Crippen LogP contribution is -2.27. The lowest BCUT2D eigenvalue weighted by molar-refractivity contribution is 0.0635. The van der Waals surface area contributed by atoms with E-state index >= 15 is 0 Å². The Morgan fingerprint density at radius 1 is 1.09 bits per heavy atom. The molecule has 0 spiro atoms. The van der Waals surface area contributed by atoms with Crippen molar-refractivity contribution in [3.8, 4) is 0 Å². The number of nitrogens with one attached hydrogen (secondary N) is 1. The van der Waals surface area contributed by atoms with Gasteiger partial charge in [-0.25, -0.2) is 4.79 Å². The topological polar surface area (TPSA) is 109 Å². The van der Waals surface area contributed by atoms with Crippen LogP contribution in [0.5, 0.6) is 0 Å². The highest BCUT2D eigenvalue weighted by molar-refractivity contribution is 6.24. The molecule has 1 amide bonds. The summed E-state index contributed by atoms with van der Waals surface area (Å²) in [6, 6.07) is 6.76. The van der Waals surface area contributed by atoms with Gasteiger partial charge in [-0.3, -0.25) is 19.7 Å². The number of allylic oxidation sites excluding steroid dienone is 2. The first-order chi connectivity index (χ1) is 16.4. The van der Waals surface area contributed by atoms with Crippen LogP contribution in [-0.4, -0.2) is 39.5 Å². The summed E-state index contributed by atoms with van der Waals surface area (Å²) >= 11 is 0. The summed E-state index contributed by atoms with van der Waals surface area (Å²) in [5, 5.41) is 3.65. The van der Waals surface area contributed by atoms with E-state index in [1.807, 2.05) is 0 Å². The summed E-state index contributed by atoms with van der Waals surface area (Å²) in [5.74, 6) is -0.742. The highest BCUT2D eigenvalue weighted by Gasteiger charge is 2.34. The monoisotopic (exact) mass is 477 g/mol. The summed E-state index contributed by atoms with van der Waals surface area (Å²) in [6.07, 6.45) is 2.17. The molecule has 0 fully saturated rings. The van der Waals surface area contributed by atoms with Crippen molar-refractivity contribution in [1.82, 2.24) is 9.13 Å². The van der Waals surface area contributed by atoms with Gasteiger partial charge in [-0.05, 0) is 45.9 Å². The Kier molecular flexibility index (Phi) is 5.88. The number of hydrogen-bond donors (Lipinski definition) is 1. The van der Waals surface area contributed by atoms with Gasteiger partial charge in [-0.15, -0.1) is 0 Å². The number of benzene rings is 1. The minimum atomic E-state index is -0.662. The molecular formula is C26H27N3O6. The maximum absolute atomic E-state index is 13.4. The zero-order valence-corrected chi connectivity index (χ0v) is 20.5. The van der Waals surface area contributed by atoms with Gasteiger partial charge < -0.3 is 18.6 Å². The van der Waals surface area contributed by atoms with Crippen molar-refractivity contribution in [2.75, 3.05) is 12.4 Å². The molecule has 1 aromatic carbocycles. The first-order valence-electron chi connectivity index (χ1n) is 11.1. The number of methoxy groups -OCH3 is 1. The van der Waals surface area contributed by atoms with Gasteiger partial charge in [0.2, 0.25) is 11.6 Å². The quantitative estimate of drug-likeness (QED) is 0.610. The summed E-state index contributed by atoms with van der Waals surface area (Å²) in [7, 11) is 3.06. The second kappa shape index (κ2) is 8.57. The standard InChI is InChI=1S/C26H27N3O6/c1-14-17(21-22(28(14)5)19(30)12-20(34-6)23(21)31)13-29-11-10-15-16(24(29)32)8-7-9-18(15)27-25(33)35-26(2,3)4/h7-12H,13H2,1-6H3,(H,27,33). The van der Waals surface area contributed by atoms with Crippen molar-refractivity contribution < 1.29 is 23.9 Å². The van der Waals surface area contributed by atoms with Crippen molar-refractivity contribution in [3.63, 3.8) is 0 Å². The van der Waals surface area contributed by atoms with Crippen molar-refractivity contribution in [3.05, 3.63) is 75.2 Å². The molecule has 9 nitrogen and oxygen atoms in total. The molecule has 182 valence electrons. The lowest BCUT2D eigenvalue weighted by atomic mass is 9.96. The average molecular weight is 478 g/mol. The van der Waals surface area contributed by atoms with Crippen LogP contribution >= 0.6 is 0 Å². The first-order valence-corrected chi connectivity index (χ1v) is 11.1. The van der Waals surface area contributed by atoms with Gasteiger partial charge in [0.25, 0.3) is 5.56 Å². The van der Waals surface area contributed by atoms with E-state index in [1.165, 1.54) is 17.8 Å². The van der Waals surface area contributed by atoms with Crippen LogP contribution in [0.3, 0.4) is 0 Å². The van der Waals surface area contributed by atoms with Crippen molar-refractivity contribution in [2.24, 2.45) is 7.05 Å². The van der Waals surface area contributed by atoms with Crippen LogP contribution in [0.15, 0.2) is 47.1 Å². The number of nitrogens with zero attached hydrogens (tertiary/aromatic N) is 2. The Morgan fingerprint density at radius 3 is 2.46 bits per heavy atom. The van der Waals surface area contributed by atoms with Gasteiger partial charge in [0.15, 0.2) is 5.76 Å². The number of pyridine rings is 1. The molecule has 0 atom stereocenters. The predicted octanol–water partition coefficient (Wildman–Crippen LogP) is 3.95. The smallest absolute Gasteiger partial charge is 0.412 e. The number of ether oxygens (including phenoxy) is 2. The van der Waals surface area contributed by atoms with E-state index < -0.39 is 17.5 Å². The number of hydrogen-bond acceptors (Lipinski definition) is 6. The summed E-state index contributed by atoms with van der Waals surface area (Å²) in [4.78, 5) is 51.3. The second-order valence-electron chi connectivity index (χ2n) is 9.40. The molecule has 9 heteroatoms. The Labute approximate surface area is 201 Å². The molecule has 0 saturated heterocycles. The van der Waals surface area contributed by atoms with Gasteiger partial charge in [0.05, 0.1) is 24.9 Å². The number of rotatable bonds is 4. The molecule has 0 saturated carbocycles. The Bertz CT molecular complexity index is 1480. The van der Waals surface area contributed by atoms with E-state index in [4.69, 9.17) is 9.47 Å². The Balaban J connectivity index is 1.75. The lowest BCUT2D eigenvalue weighted by Gasteiger charge is -2.20. The molecule has 0 aliphatic heterocycles. The molecule has 1 aliphatic rings. The van der Waals surface area contributed by atoms with Crippen LogP contribution in [0.1, 0.15) is 52.9 Å². The summed E-state index contributed by atoms with van der Waals surface area (Å²) < 4.78 is 13.6. The highest BCUT2D eigenvalue weighted by atomic mass is 16.6. The van der Waals surface area contributed by atoms with Crippen LogP contribution in [0.4, 0.5) is 10.5 Å². The molecule has 0 unspecified atom stereocenters. The van der Waals surface area contributed by atoms with Gasteiger partial charge >= 0.3 is 6.09 Å². The summed E-state index contributed by atoms with van der Waals surface area (Å²) in [6.45, 7) is 7.19. The molecule has 35 heavy (non-hydrogen) atoms. The third-order valence-corrected chi connectivity index (χ3v) is 5.96. The zero-order valence-electron chi connectivity index (χ0n) is 20.5. The maximum atomic E-state index is 13.4. The number of ketones is 2. The molecule has 4 rings (SSSR count). The van der Waals surface area contributed by atoms with Crippen molar-refractivity contribution in [1.29, 1.82) is 0 Å². The Morgan fingerprint density at radius 2 is 1.80 bits per heavy atom. The second-order valence-corrected chi connectivity index (χ2v) is 9.40.